The van der Waals surface area contributed by atoms with Gasteiger partial charge in [0, 0.05) is 20.1 Å². The van der Waals surface area contributed by atoms with Gasteiger partial charge in [0.2, 0.25) is 0 Å². The molecule has 0 bridgehead atoms. The second kappa shape index (κ2) is 6.52. The average Bonchev–Trinajstić information content (AvgIpc) is 2.64. The molecule has 4 nitrogen and oxygen atoms in total. The number of anilines is 2. The van der Waals surface area contributed by atoms with Crippen molar-refractivity contribution >= 4 is 39.7 Å². The monoisotopic (exact) mass is 301 g/mol. The van der Waals surface area contributed by atoms with E-state index in [-0.39, 0.29) is 5.91 Å². The van der Waals surface area contributed by atoms with E-state index in [1.165, 1.54) is 11.3 Å². The van der Waals surface area contributed by atoms with Gasteiger partial charge in [-0.2, -0.15) is 0 Å². The Morgan fingerprint density at radius 2 is 1.95 bits per heavy atom. The lowest BCUT2D eigenvalue weighted by atomic mass is 10.1. The lowest BCUT2D eigenvalue weighted by Crippen LogP contribution is -2.21. The first-order valence-electron chi connectivity index (χ1n) is 6.24. The fourth-order valence-corrected chi connectivity index (χ4v) is 3.60. The summed E-state index contributed by atoms with van der Waals surface area (Å²) in [6, 6.07) is 0.339. The van der Waals surface area contributed by atoms with E-state index in [1.54, 1.807) is 30.8 Å². The first-order chi connectivity index (χ1) is 8.79. The molecular formula is C13H23N3OS2. The standard InChI is InChI=1S/C13H23N3OS2/c1-7(2)8(3)15-12-10(18-6)9(14)11(19-12)13(17)16(4)5/h7-8,15H,14H2,1-6H3. The SMILES string of the molecule is CSc1c(NC(C)C(C)C)sc(C(=O)N(C)C)c1N. The summed E-state index contributed by atoms with van der Waals surface area (Å²) in [5.74, 6) is 0.481. The van der Waals surface area contributed by atoms with Gasteiger partial charge < -0.3 is 16.0 Å². The number of nitrogen functional groups attached to an aromatic ring is 1. The number of hydrogen-bond acceptors (Lipinski definition) is 5. The van der Waals surface area contributed by atoms with Crippen LogP contribution in [0, 0.1) is 5.92 Å². The number of amides is 1. The van der Waals surface area contributed by atoms with Crippen molar-refractivity contribution < 1.29 is 4.79 Å². The molecule has 1 rings (SSSR count). The van der Waals surface area contributed by atoms with Crippen molar-refractivity contribution in [3.63, 3.8) is 0 Å². The molecule has 0 fully saturated rings. The van der Waals surface area contributed by atoms with Gasteiger partial charge in [-0.05, 0) is 19.1 Å². The summed E-state index contributed by atoms with van der Waals surface area (Å²) in [5, 5.41) is 4.46. The van der Waals surface area contributed by atoms with Crippen molar-refractivity contribution in [3.8, 4) is 0 Å². The Kier molecular flexibility index (Phi) is 5.55. The average molecular weight is 301 g/mol. The van der Waals surface area contributed by atoms with Crippen LogP contribution in [0.1, 0.15) is 30.4 Å². The molecule has 108 valence electrons. The van der Waals surface area contributed by atoms with E-state index >= 15 is 0 Å². The number of nitrogens with one attached hydrogen (secondary N) is 1. The molecule has 1 aromatic heterocycles. The summed E-state index contributed by atoms with van der Waals surface area (Å²) >= 11 is 3.02. The Labute approximate surface area is 123 Å². The molecule has 1 aromatic rings. The molecule has 1 atom stereocenters. The minimum absolute atomic E-state index is 0.0388. The Balaban J connectivity index is 3.12. The summed E-state index contributed by atoms with van der Waals surface area (Å²) in [4.78, 5) is 15.2. The molecule has 19 heavy (non-hydrogen) atoms. The van der Waals surface area contributed by atoms with Crippen LogP contribution in [0.5, 0.6) is 0 Å². The van der Waals surface area contributed by atoms with Crippen LogP contribution in [0.25, 0.3) is 0 Å². The fraction of sp³-hybridized carbons (Fsp3) is 0.615. The number of nitrogens with two attached hydrogens (primary N) is 1. The maximum Gasteiger partial charge on any atom is 0.265 e. The van der Waals surface area contributed by atoms with Crippen molar-refractivity contribution in [2.24, 2.45) is 5.92 Å². The largest absolute Gasteiger partial charge is 0.396 e. The molecule has 0 saturated heterocycles. The summed E-state index contributed by atoms with van der Waals surface area (Å²) in [5.41, 5.74) is 6.70. The van der Waals surface area contributed by atoms with Gasteiger partial charge in [-0.15, -0.1) is 23.1 Å². The zero-order chi connectivity index (χ0) is 14.7. The third-order valence-corrected chi connectivity index (χ3v) is 5.15. The van der Waals surface area contributed by atoms with Crippen LogP contribution in [0.4, 0.5) is 10.7 Å². The molecule has 6 heteroatoms. The van der Waals surface area contributed by atoms with E-state index < -0.39 is 0 Å². The number of nitrogens with zero attached hydrogens (tertiary/aromatic N) is 1. The summed E-state index contributed by atoms with van der Waals surface area (Å²) < 4.78 is 0. The Hall–Kier alpha value is -0.880. The van der Waals surface area contributed by atoms with Crippen LogP contribution < -0.4 is 11.1 Å². The number of thiophene rings is 1. The van der Waals surface area contributed by atoms with Crippen molar-refractivity contribution in [2.75, 3.05) is 31.4 Å². The molecule has 0 aliphatic carbocycles. The third kappa shape index (κ3) is 3.57. The second-order valence-electron chi connectivity index (χ2n) is 5.08. The maximum absolute atomic E-state index is 12.1. The number of rotatable bonds is 5. The predicted octanol–water partition coefficient (Wildman–Crippen LogP) is 3.21. The lowest BCUT2D eigenvalue weighted by molar-refractivity contribution is 0.0833. The van der Waals surface area contributed by atoms with Gasteiger partial charge in [0.05, 0.1) is 10.6 Å². The van der Waals surface area contributed by atoms with Crippen molar-refractivity contribution in [1.82, 2.24) is 4.90 Å². The van der Waals surface area contributed by atoms with E-state index in [4.69, 9.17) is 5.73 Å². The van der Waals surface area contributed by atoms with Gasteiger partial charge in [-0.1, -0.05) is 13.8 Å². The quantitative estimate of drug-likeness (QED) is 0.820. The topological polar surface area (TPSA) is 58.4 Å². The Bertz CT molecular complexity index is 455. The molecule has 0 spiro atoms. The predicted molar refractivity (Wildman–Crippen MR) is 86.5 cm³/mol. The second-order valence-corrected chi connectivity index (χ2v) is 6.92. The van der Waals surface area contributed by atoms with Crippen LogP contribution in [0.3, 0.4) is 0 Å². The number of hydrogen-bond donors (Lipinski definition) is 2. The van der Waals surface area contributed by atoms with Crippen molar-refractivity contribution in [1.29, 1.82) is 0 Å². The van der Waals surface area contributed by atoms with Crippen molar-refractivity contribution in [2.45, 2.75) is 31.7 Å². The first kappa shape index (κ1) is 16.2. The van der Waals surface area contributed by atoms with E-state index in [2.05, 4.69) is 26.1 Å². The zero-order valence-electron chi connectivity index (χ0n) is 12.4. The molecule has 0 saturated carbocycles. The molecule has 1 unspecified atom stereocenters. The van der Waals surface area contributed by atoms with Crippen LogP contribution in [0.2, 0.25) is 0 Å². The van der Waals surface area contributed by atoms with Gasteiger partial charge in [-0.3, -0.25) is 4.79 Å². The Morgan fingerprint density at radius 1 is 1.37 bits per heavy atom. The van der Waals surface area contributed by atoms with Gasteiger partial charge in [0.25, 0.3) is 5.91 Å². The number of carbonyl (C=O) groups is 1. The van der Waals surface area contributed by atoms with Gasteiger partial charge in [0.15, 0.2) is 0 Å². The van der Waals surface area contributed by atoms with E-state index in [1.807, 2.05) is 6.26 Å². The van der Waals surface area contributed by atoms with Gasteiger partial charge in [-0.25, -0.2) is 0 Å². The smallest absolute Gasteiger partial charge is 0.265 e. The van der Waals surface area contributed by atoms with Crippen LogP contribution in [0.15, 0.2) is 4.90 Å². The summed E-state index contributed by atoms with van der Waals surface area (Å²) in [6.45, 7) is 6.47. The molecule has 3 N–H and O–H groups in total. The minimum atomic E-state index is -0.0388. The lowest BCUT2D eigenvalue weighted by Gasteiger charge is -2.18. The summed E-state index contributed by atoms with van der Waals surface area (Å²) in [6.07, 6.45) is 1.98. The maximum atomic E-state index is 12.1. The highest BCUT2D eigenvalue weighted by Gasteiger charge is 2.22. The van der Waals surface area contributed by atoms with Gasteiger partial charge in [0.1, 0.15) is 9.88 Å². The number of carbonyl (C=O) groups excluding carboxylic acids is 1. The molecule has 0 aromatic carbocycles. The minimum Gasteiger partial charge on any atom is -0.396 e. The number of thioether (sulfide) groups is 1. The van der Waals surface area contributed by atoms with E-state index in [9.17, 15) is 4.79 Å². The van der Waals surface area contributed by atoms with Gasteiger partial charge >= 0.3 is 0 Å². The van der Waals surface area contributed by atoms with Crippen LogP contribution >= 0.6 is 23.1 Å². The third-order valence-electron chi connectivity index (χ3n) is 3.06. The summed E-state index contributed by atoms with van der Waals surface area (Å²) in [7, 11) is 3.48. The highest BCUT2D eigenvalue weighted by molar-refractivity contribution is 7.99. The van der Waals surface area contributed by atoms with Crippen LogP contribution in [-0.4, -0.2) is 37.2 Å². The molecule has 1 heterocycles. The molecule has 0 radical (unpaired) electrons. The fourth-order valence-electron chi connectivity index (χ4n) is 1.46. The van der Waals surface area contributed by atoms with Crippen LogP contribution in [-0.2, 0) is 0 Å². The highest BCUT2D eigenvalue weighted by atomic mass is 32.2. The highest BCUT2D eigenvalue weighted by Crippen LogP contribution is 2.42. The van der Waals surface area contributed by atoms with Crippen molar-refractivity contribution in [3.05, 3.63) is 4.88 Å². The molecule has 0 aliphatic rings. The first-order valence-corrected chi connectivity index (χ1v) is 8.28. The van der Waals surface area contributed by atoms with E-state index in [0.717, 1.165) is 9.90 Å². The molecule has 0 aliphatic heterocycles. The zero-order valence-corrected chi connectivity index (χ0v) is 14.0. The molecular weight excluding hydrogens is 278 g/mol. The Morgan fingerprint density at radius 3 is 2.37 bits per heavy atom. The molecule has 1 amide bonds. The normalized spacial score (nSPS) is 12.6. The van der Waals surface area contributed by atoms with E-state index in [0.29, 0.717) is 22.5 Å².